The van der Waals surface area contributed by atoms with Gasteiger partial charge in [-0.05, 0) is 13.3 Å². The molecule has 1 aromatic heterocycles. The summed E-state index contributed by atoms with van der Waals surface area (Å²) in [7, 11) is 0. The number of carbonyl (C=O) groups excluding carboxylic acids is 1. The fraction of sp³-hybridized carbons (Fsp3) is 0.667. The van der Waals surface area contributed by atoms with E-state index in [9.17, 15) is 9.59 Å². The van der Waals surface area contributed by atoms with E-state index >= 15 is 0 Å². The van der Waals surface area contributed by atoms with Gasteiger partial charge in [-0.25, -0.2) is 4.68 Å². The SMILES string of the molecule is CCCCOC(C)C(=O)NCc1cn(CC(=O)O)nn1. The number of unbranched alkanes of at least 4 members (excludes halogenated alkanes) is 1. The first-order valence-electron chi connectivity index (χ1n) is 6.53. The van der Waals surface area contributed by atoms with Crippen LogP contribution in [0.25, 0.3) is 0 Å². The van der Waals surface area contributed by atoms with Crippen LogP contribution in [0.4, 0.5) is 0 Å². The Balaban J connectivity index is 2.33. The fourth-order valence-electron chi connectivity index (χ4n) is 1.44. The van der Waals surface area contributed by atoms with Crippen LogP contribution in [0.3, 0.4) is 0 Å². The van der Waals surface area contributed by atoms with Crippen LogP contribution in [0.1, 0.15) is 32.4 Å². The lowest BCUT2D eigenvalue weighted by Gasteiger charge is -2.12. The van der Waals surface area contributed by atoms with Crippen LogP contribution in [-0.4, -0.2) is 44.7 Å². The molecule has 0 aliphatic rings. The quantitative estimate of drug-likeness (QED) is 0.627. The summed E-state index contributed by atoms with van der Waals surface area (Å²) in [6, 6.07) is 0. The number of carboxylic acids is 1. The first-order valence-corrected chi connectivity index (χ1v) is 6.53. The molecule has 2 N–H and O–H groups in total. The number of carbonyl (C=O) groups is 2. The van der Waals surface area contributed by atoms with Gasteiger partial charge in [-0.1, -0.05) is 18.6 Å². The molecule has 20 heavy (non-hydrogen) atoms. The van der Waals surface area contributed by atoms with Gasteiger partial charge in [0.05, 0.1) is 12.7 Å². The highest BCUT2D eigenvalue weighted by Crippen LogP contribution is 1.97. The summed E-state index contributed by atoms with van der Waals surface area (Å²) >= 11 is 0. The molecule has 1 heterocycles. The fourth-order valence-corrected chi connectivity index (χ4v) is 1.44. The third kappa shape index (κ3) is 5.79. The van der Waals surface area contributed by atoms with Crippen LogP contribution in [-0.2, 0) is 27.4 Å². The number of hydrogen-bond acceptors (Lipinski definition) is 5. The standard InChI is InChI=1S/C12H20N4O4/c1-3-4-5-20-9(2)12(19)13-6-10-7-16(15-14-10)8-11(17)18/h7,9H,3-6,8H2,1-2H3,(H,13,19)(H,17,18). The maximum absolute atomic E-state index is 11.7. The maximum Gasteiger partial charge on any atom is 0.325 e. The zero-order valence-corrected chi connectivity index (χ0v) is 11.7. The Morgan fingerprint density at radius 2 is 2.30 bits per heavy atom. The molecule has 0 saturated carbocycles. The third-order valence-corrected chi connectivity index (χ3v) is 2.56. The smallest absolute Gasteiger partial charge is 0.325 e. The Hall–Kier alpha value is -1.96. The minimum atomic E-state index is -0.997. The summed E-state index contributed by atoms with van der Waals surface area (Å²) in [5.74, 6) is -1.22. The normalized spacial score (nSPS) is 12.1. The number of aromatic nitrogens is 3. The molecular formula is C12H20N4O4. The van der Waals surface area contributed by atoms with Crippen LogP contribution >= 0.6 is 0 Å². The maximum atomic E-state index is 11.7. The Bertz CT molecular complexity index is 446. The first-order chi connectivity index (χ1) is 9.52. The van der Waals surface area contributed by atoms with Crippen molar-refractivity contribution in [2.75, 3.05) is 6.61 Å². The summed E-state index contributed by atoms with van der Waals surface area (Å²) in [6.45, 7) is 4.23. The predicted octanol–water partition coefficient (Wildman–Crippen LogP) is 0.184. The average Bonchev–Trinajstić information content (AvgIpc) is 2.82. The van der Waals surface area contributed by atoms with Crippen molar-refractivity contribution in [1.29, 1.82) is 0 Å². The van der Waals surface area contributed by atoms with Gasteiger partial charge in [-0.3, -0.25) is 9.59 Å². The lowest BCUT2D eigenvalue weighted by molar-refractivity contribution is -0.138. The van der Waals surface area contributed by atoms with E-state index in [2.05, 4.69) is 22.6 Å². The minimum absolute atomic E-state index is 0.194. The molecule has 0 aliphatic carbocycles. The van der Waals surface area contributed by atoms with Crippen molar-refractivity contribution in [2.45, 2.75) is 45.9 Å². The highest BCUT2D eigenvalue weighted by Gasteiger charge is 2.13. The second kappa shape index (κ2) is 8.26. The van der Waals surface area contributed by atoms with Crippen molar-refractivity contribution in [3.05, 3.63) is 11.9 Å². The highest BCUT2D eigenvalue weighted by molar-refractivity contribution is 5.80. The number of aliphatic carboxylic acids is 1. The van der Waals surface area contributed by atoms with Gasteiger partial charge in [0, 0.05) is 6.61 Å². The predicted molar refractivity (Wildman–Crippen MR) is 69.8 cm³/mol. The molecule has 0 saturated heterocycles. The summed E-state index contributed by atoms with van der Waals surface area (Å²) < 4.78 is 6.56. The number of amides is 1. The van der Waals surface area contributed by atoms with E-state index in [1.54, 1.807) is 6.92 Å². The number of nitrogens with one attached hydrogen (secondary N) is 1. The number of hydrogen-bond donors (Lipinski definition) is 2. The van der Waals surface area contributed by atoms with Gasteiger partial charge in [0.25, 0.3) is 0 Å². The van der Waals surface area contributed by atoms with Gasteiger partial charge in [0.15, 0.2) is 0 Å². The van der Waals surface area contributed by atoms with Crippen molar-refractivity contribution < 1.29 is 19.4 Å². The summed E-state index contributed by atoms with van der Waals surface area (Å²) in [6.07, 6.45) is 2.90. The molecule has 1 aromatic rings. The van der Waals surface area contributed by atoms with Gasteiger partial charge >= 0.3 is 5.97 Å². The van der Waals surface area contributed by atoms with Gasteiger partial charge in [-0.15, -0.1) is 5.10 Å². The van der Waals surface area contributed by atoms with Crippen molar-refractivity contribution in [2.24, 2.45) is 0 Å². The largest absolute Gasteiger partial charge is 0.480 e. The summed E-state index contributed by atoms with van der Waals surface area (Å²) in [5.41, 5.74) is 0.500. The van der Waals surface area contributed by atoms with Gasteiger partial charge in [-0.2, -0.15) is 0 Å². The van der Waals surface area contributed by atoms with Crippen LogP contribution in [0.2, 0.25) is 0 Å². The molecule has 0 spiro atoms. The Morgan fingerprint density at radius 3 is 2.95 bits per heavy atom. The van der Waals surface area contributed by atoms with Crippen LogP contribution in [0, 0.1) is 0 Å². The highest BCUT2D eigenvalue weighted by atomic mass is 16.5. The molecule has 0 fully saturated rings. The Morgan fingerprint density at radius 1 is 1.55 bits per heavy atom. The van der Waals surface area contributed by atoms with Crippen LogP contribution < -0.4 is 5.32 Å². The molecule has 0 bridgehead atoms. The van der Waals surface area contributed by atoms with Gasteiger partial charge < -0.3 is 15.2 Å². The van der Waals surface area contributed by atoms with Crippen LogP contribution in [0.15, 0.2) is 6.20 Å². The number of carboxylic acid groups (broad SMARTS) is 1. The second-order valence-corrected chi connectivity index (χ2v) is 4.39. The van der Waals surface area contributed by atoms with Gasteiger partial charge in [0.1, 0.15) is 18.3 Å². The van der Waals surface area contributed by atoms with Gasteiger partial charge in [0.2, 0.25) is 5.91 Å². The minimum Gasteiger partial charge on any atom is -0.480 e. The van der Waals surface area contributed by atoms with Crippen molar-refractivity contribution in [3.63, 3.8) is 0 Å². The van der Waals surface area contributed by atoms with Crippen molar-refractivity contribution in [3.8, 4) is 0 Å². The van der Waals surface area contributed by atoms with E-state index in [1.165, 1.54) is 10.9 Å². The zero-order chi connectivity index (χ0) is 15.0. The van der Waals surface area contributed by atoms with E-state index < -0.39 is 12.1 Å². The third-order valence-electron chi connectivity index (χ3n) is 2.56. The number of rotatable bonds is 9. The summed E-state index contributed by atoms with van der Waals surface area (Å²) in [4.78, 5) is 22.2. The molecule has 0 aliphatic heterocycles. The molecule has 1 rings (SSSR count). The lowest BCUT2D eigenvalue weighted by atomic mass is 10.3. The molecule has 1 unspecified atom stereocenters. The van der Waals surface area contributed by atoms with E-state index in [0.717, 1.165) is 12.8 Å². The molecule has 0 aromatic carbocycles. The molecule has 1 amide bonds. The molecular weight excluding hydrogens is 264 g/mol. The molecule has 112 valence electrons. The number of nitrogens with zero attached hydrogens (tertiary/aromatic N) is 3. The van der Waals surface area contributed by atoms with E-state index in [1.807, 2.05) is 0 Å². The summed E-state index contributed by atoms with van der Waals surface area (Å²) in [5, 5.41) is 18.7. The molecule has 1 atom stereocenters. The Kier molecular flexibility index (Phi) is 6.65. The van der Waals surface area contributed by atoms with E-state index in [0.29, 0.717) is 12.3 Å². The lowest BCUT2D eigenvalue weighted by Crippen LogP contribution is -2.34. The Labute approximate surface area is 117 Å². The average molecular weight is 284 g/mol. The van der Waals surface area contributed by atoms with Crippen molar-refractivity contribution >= 4 is 11.9 Å². The molecule has 0 radical (unpaired) electrons. The van der Waals surface area contributed by atoms with Crippen LogP contribution in [0.5, 0.6) is 0 Å². The van der Waals surface area contributed by atoms with Crippen molar-refractivity contribution in [1.82, 2.24) is 20.3 Å². The molecule has 8 heteroatoms. The monoisotopic (exact) mass is 284 g/mol. The zero-order valence-electron chi connectivity index (χ0n) is 11.7. The van der Waals surface area contributed by atoms with E-state index in [-0.39, 0.29) is 19.0 Å². The topological polar surface area (TPSA) is 106 Å². The first kappa shape index (κ1) is 16.1. The second-order valence-electron chi connectivity index (χ2n) is 4.39. The number of ether oxygens (including phenoxy) is 1. The molecule has 8 nitrogen and oxygen atoms in total. The van der Waals surface area contributed by atoms with E-state index in [4.69, 9.17) is 9.84 Å².